The van der Waals surface area contributed by atoms with Crippen LogP contribution in [0.25, 0.3) is 0 Å². The third-order valence-electron chi connectivity index (χ3n) is 5.10. The van der Waals surface area contributed by atoms with E-state index in [2.05, 4.69) is 4.98 Å². The Balaban J connectivity index is 1.65. The molecule has 0 aliphatic carbocycles. The third kappa shape index (κ3) is 4.54. The normalized spacial score (nSPS) is 13.1. The lowest BCUT2D eigenvalue weighted by atomic mass is 9.97. The number of amides is 1. The summed E-state index contributed by atoms with van der Waals surface area (Å²) >= 11 is 13.0. The number of fused-ring (bicyclic) bond motifs is 1. The summed E-state index contributed by atoms with van der Waals surface area (Å²) in [6.07, 6.45) is 4.22. The van der Waals surface area contributed by atoms with E-state index in [1.165, 1.54) is 14.2 Å². The van der Waals surface area contributed by atoms with Gasteiger partial charge in [0.25, 0.3) is 0 Å². The molecule has 3 rings (SSSR count). The van der Waals surface area contributed by atoms with Crippen LogP contribution in [0.2, 0.25) is 10.0 Å². The number of rotatable bonds is 7. The molecular weight excluding hydrogens is 415 g/mol. The molecule has 1 aliphatic heterocycles. The molecule has 0 unspecified atom stereocenters. The largest absolute Gasteiger partial charge is 0.495 e. The minimum Gasteiger partial charge on any atom is -0.495 e. The Bertz CT molecular complexity index is 887. The van der Waals surface area contributed by atoms with Gasteiger partial charge in [0.2, 0.25) is 5.91 Å². The van der Waals surface area contributed by atoms with Gasteiger partial charge in [-0.1, -0.05) is 23.2 Å². The van der Waals surface area contributed by atoms with E-state index in [1.807, 2.05) is 17.0 Å². The Hall–Kier alpha value is -2.18. The van der Waals surface area contributed by atoms with Gasteiger partial charge in [0, 0.05) is 25.2 Å². The van der Waals surface area contributed by atoms with Crippen LogP contribution in [0.4, 0.5) is 0 Å². The van der Waals surface area contributed by atoms with Crippen LogP contribution in [0.3, 0.4) is 0 Å². The number of carbonyl (C=O) groups excluding carboxylic acids is 1. The molecule has 0 N–H and O–H groups in total. The first-order valence-electron chi connectivity index (χ1n) is 9.37. The zero-order valence-corrected chi connectivity index (χ0v) is 18.3. The number of hydrogen-bond acceptors (Lipinski definition) is 5. The highest BCUT2D eigenvalue weighted by atomic mass is 35.5. The molecule has 156 valence electrons. The Morgan fingerprint density at radius 2 is 1.76 bits per heavy atom. The second-order valence-corrected chi connectivity index (χ2v) is 7.52. The molecule has 2 aromatic rings. The molecule has 1 aliphatic rings. The van der Waals surface area contributed by atoms with Gasteiger partial charge in [0.1, 0.15) is 5.75 Å². The first-order valence-corrected chi connectivity index (χ1v) is 10.1. The molecule has 8 heteroatoms. The third-order valence-corrected chi connectivity index (χ3v) is 5.90. The molecule has 0 atom stereocenters. The zero-order chi connectivity index (χ0) is 21.0. The number of ether oxygens (including phenoxy) is 3. The number of aryl methyl sites for hydroxylation is 1. The monoisotopic (exact) mass is 438 g/mol. The fourth-order valence-corrected chi connectivity index (χ4v) is 4.22. The number of methoxy groups -OCH3 is 3. The van der Waals surface area contributed by atoms with E-state index in [9.17, 15) is 4.79 Å². The lowest BCUT2D eigenvalue weighted by Crippen LogP contribution is -2.36. The minimum absolute atomic E-state index is 0.0890. The van der Waals surface area contributed by atoms with E-state index in [0.717, 1.165) is 35.4 Å². The van der Waals surface area contributed by atoms with Gasteiger partial charge in [0.15, 0.2) is 11.5 Å². The summed E-state index contributed by atoms with van der Waals surface area (Å²) in [5, 5.41) is 0.949. The topological polar surface area (TPSA) is 60.9 Å². The molecular formula is C21H24Cl2N2O4. The molecule has 0 spiro atoms. The second-order valence-electron chi connectivity index (χ2n) is 6.76. The smallest absolute Gasteiger partial charge is 0.222 e. The maximum atomic E-state index is 12.7. The van der Waals surface area contributed by atoms with Gasteiger partial charge in [-0.15, -0.1) is 0 Å². The van der Waals surface area contributed by atoms with E-state index < -0.39 is 0 Å². The molecule has 29 heavy (non-hydrogen) atoms. The quantitative estimate of drug-likeness (QED) is 0.643. The second kappa shape index (κ2) is 9.55. The number of hydrogen-bond donors (Lipinski definition) is 0. The zero-order valence-electron chi connectivity index (χ0n) is 16.8. The van der Waals surface area contributed by atoms with Gasteiger partial charge in [-0.3, -0.25) is 9.78 Å². The van der Waals surface area contributed by atoms with Gasteiger partial charge in [0.05, 0.1) is 37.6 Å². The maximum absolute atomic E-state index is 12.7. The van der Waals surface area contributed by atoms with Gasteiger partial charge in [-0.2, -0.15) is 0 Å². The number of carbonyl (C=O) groups is 1. The van der Waals surface area contributed by atoms with Gasteiger partial charge in [-0.25, -0.2) is 0 Å². The lowest BCUT2D eigenvalue weighted by Gasteiger charge is -2.31. The van der Waals surface area contributed by atoms with Crippen molar-refractivity contribution in [1.82, 2.24) is 9.88 Å². The summed E-state index contributed by atoms with van der Waals surface area (Å²) in [5.41, 5.74) is 2.68. The molecule has 0 bridgehead atoms. The fourth-order valence-electron chi connectivity index (χ4n) is 3.52. The highest BCUT2D eigenvalue weighted by Gasteiger charge is 2.29. The van der Waals surface area contributed by atoms with Crippen LogP contribution in [0.1, 0.15) is 29.7 Å². The summed E-state index contributed by atoms with van der Waals surface area (Å²) in [6, 6.07) is 3.79. The Morgan fingerprint density at radius 1 is 1.07 bits per heavy atom. The van der Waals surface area contributed by atoms with Crippen molar-refractivity contribution in [3.8, 4) is 17.2 Å². The van der Waals surface area contributed by atoms with Crippen LogP contribution in [0.15, 0.2) is 18.3 Å². The fraction of sp³-hybridized carbons (Fsp3) is 0.429. The number of benzene rings is 1. The summed E-state index contributed by atoms with van der Waals surface area (Å²) in [4.78, 5) is 18.9. The predicted octanol–water partition coefficient (Wildman–Crippen LogP) is 4.32. The van der Waals surface area contributed by atoms with E-state index in [0.29, 0.717) is 47.5 Å². The van der Waals surface area contributed by atoms with Crippen molar-refractivity contribution in [3.63, 3.8) is 0 Å². The van der Waals surface area contributed by atoms with Crippen LogP contribution < -0.4 is 14.2 Å². The molecule has 1 amide bonds. The van der Waals surface area contributed by atoms with Crippen molar-refractivity contribution in [1.29, 1.82) is 0 Å². The molecule has 6 nitrogen and oxygen atoms in total. The van der Waals surface area contributed by atoms with Crippen molar-refractivity contribution in [2.75, 3.05) is 27.9 Å². The lowest BCUT2D eigenvalue weighted by molar-refractivity contribution is -0.132. The Labute approximate surface area is 180 Å². The summed E-state index contributed by atoms with van der Waals surface area (Å²) in [7, 11) is 4.66. The minimum atomic E-state index is 0.0890. The van der Waals surface area contributed by atoms with Crippen molar-refractivity contribution in [3.05, 3.63) is 45.2 Å². The average Bonchev–Trinajstić information content (AvgIpc) is 2.76. The first kappa shape index (κ1) is 21.5. The average molecular weight is 439 g/mol. The van der Waals surface area contributed by atoms with Crippen LogP contribution in [-0.4, -0.2) is 43.7 Å². The number of nitrogens with zero attached hydrogens (tertiary/aromatic N) is 2. The van der Waals surface area contributed by atoms with Crippen molar-refractivity contribution in [2.45, 2.75) is 32.2 Å². The van der Waals surface area contributed by atoms with E-state index in [4.69, 9.17) is 37.4 Å². The molecule has 0 saturated heterocycles. The van der Waals surface area contributed by atoms with Gasteiger partial charge in [-0.05, 0) is 42.5 Å². The van der Waals surface area contributed by atoms with E-state index in [1.54, 1.807) is 13.3 Å². The van der Waals surface area contributed by atoms with Crippen LogP contribution >= 0.6 is 23.2 Å². The van der Waals surface area contributed by atoms with Crippen molar-refractivity contribution in [2.24, 2.45) is 0 Å². The van der Waals surface area contributed by atoms with Gasteiger partial charge >= 0.3 is 0 Å². The van der Waals surface area contributed by atoms with Crippen molar-refractivity contribution >= 4 is 29.1 Å². The number of pyridine rings is 1. The molecule has 1 aromatic heterocycles. The van der Waals surface area contributed by atoms with Crippen LogP contribution in [0, 0.1) is 0 Å². The van der Waals surface area contributed by atoms with Crippen molar-refractivity contribution < 1.29 is 19.0 Å². The number of aromatic nitrogens is 1. The highest BCUT2D eigenvalue weighted by molar-refractivity contribution is 6.37. The predicted molar refractivity (Wildman–Crippen MR) is 112 cm³/mol. The molecule has 1 aromatic carbocycles. The molecule has 2 heterocycles. The van der Waals surface area contributed by atoms with Crippen LogP contribution in [-0.2, 0) is 24.2 Å². The van der Waals surface area contributed by atoms with E-state index >= 15 is 0 Å². The Kier molecular flexibility index (Phi) is 7.09. The standard InChI is InChI=1S/C21H24Cl2N2O4/c1-27-14-8-7-13(24-11-14)5-4-6-17(26)25-10-9-15-16(12-25)19(23)21(29-3)20(28-2)18(15)22/h7-8,11H,4-6,9-10,12H2,1-3H3. The molecule has 0 fully saturated rings. The number of halogens is 2. The van der Waals surface area contributed by atoms with Crippen LogP contribution in [0.5, 0.6) is 17.2 Å². The maximum Gasteiger partial charge on any atom is 0.222 e. The summed E-state index contributed by atoms with van der Waals surface area (Å²) in [6.45, 7) is 1.01. The highest BCUT2D eigenvalue weighted by Crippen LogP contribution is 2.47. The van der Waals surface area contributed by atoms with Gasteiger partial charge < -0.3 is 19.1 Å². The summed E-state index contributed by atoms with van der Waals surface area (Å²) in [5.74, 6) is 1.65. The summed E-state index contributed by atoms with van der Waals surface area (Å²) < 4.78 is 15.9. The molecule has 0 saturated carbocycles. The Morgan fingerprint density at radius 3 is 2.34 bits per heavy atom. The molecule has 0 radical (unpaired) electrons. The van der Waals surface area contributed by atoms with E-state index in [-0.39, 0.29) is 5.91 Å². The SMILES string of the molecule is COc1ccc(CCCC(=O)N2CCc3c(Cl)c(OC)c(OC)c(Cl)c3C2)nc1. The first-order chi connectivity index (χ1) is 14.0.